The zero-order valence-electron chi connectivity index (χ0n) is 15.5. The van der Waals surface area contributed by atoms with Crippen LogP contribution in [0.4, 0.5) is 5.82 Å². The number of nitrogens with one attached hydrogen (secondary N) is 2. The molecule has 0 bridgehead atoms. The summed E-state index contributed by atoms with van der Waals surface area (Å²) in [6.07, 6.45) is 2.51. The van der Waals surface area contributed by atoms with E-state index in [4.69, 9.17) is 4.74 Å². The number of hydrogen-bond acceptors (Lipinski definition) is 5. The minimum atomic E-state index is 0.205. The van der Waals surface area contributed by atoms with E-state index in [0.29, 0.717) is 5.92 Å². The summed E-state index contributed by atoms with van der Waals surface area (Å²) >= 11 is 0. The summed E-state index contributed by atoms with van der Waals surface area (Å²) in [7, 11) is 1.79. The van der Waals surface area contributed by atoms with E-state index in [1.807, 2.05) is 0 Å². The van der Waals surface area contributed by atoms with Crippen LogP contribution >= 0.6 is 0 Å². The molecule has 0 aromatic carbocycles. The second-order valence-corrected chi connectivity index (χ2v) is 8.09. The van der Waals surface area contributed by atoms with Crippen molar-refractivity contribution < 1.29 is 4.74 Å². The van der Waals surface area contributed by atoms with E-state index in [9.17, 15) is 0 Å². The van der Waals surface area contributed by atoms with Crippen molar-refractivity contribution in [3.8, 4) is 0 Å². The minimum Gasteiger partial charge on any atom is -0.384 e. The van der Waals surface area contributed by atoms with Crippen LogP contribution in [0.15, 0.2) is 6.07 Å². The molecule has 3 heterocycles. The van der Waals surface area contributed by atoms with Crippen molar-refractivity contribution in [1.29, 1.82) is 0 Å². The summed E-state index contributed by atoms with van der Waals surface area (Å²) in [6, 6.07) is 2.28. The summed E-state index contributed by atoms with van der Waals surface area (Å²) in [4.78, 5) is 4.97. The molecule has 0 radical (unpaired) electrons. The standard InChI is InChI=1S/C18H33N5O/c1-18(2,14-24-3)13-22-8-4-5-15(12-22)16-11-17(21-20-16)23-9-6-19-7-10-23/h11,15,19H,4-10,12-14H2,1-3H3,(H,20,21). The molecule has 2 aliphatic rings. The maximum absolute atomic E-state index is 5.38. The van der Waals surface area contributed by atoms with Gasteiger partial charge in [-0.25, -0.2) is 0 Å². The van der Waals surface area contributed by atoms with Gasteiger partial charge in [0.05, 0.1) is 6.61 Å². The fourth-order valence-corrected chi connectivity index (χ4v) is 4.09. The molecule has 0 saturated carbocycles. The quantitative estimate of drug-likeness (QED) is 0.828. The normalized spacial score (nSPS) is 23.6. The second kappa shape index (κ2) is 7.85. The Morgan fingerprint density at radius 2 is 2.08 bits per heavy atom. The number of piperidine rings is 1. The SMILES string of the molecule is COCC(C)(C)CN1CCCC(c2cc(N3CCNCC3)n[nH]2)C1. The number of piperazine rings is 1. The molecule has 136 valence electrons. The molecule has 0 spiro atoms. The van der Waals surface area contributed by atoms with Crippen molar-refractivity contribution >= 4 is 5.82 Å². The van der Waals surface area contributed by atoms with Crippen LogP contribution in [0.2, 0.25) is 0 Å². The van der Waals surface area contributed by atoms with E-state index in [-0.39, 0.29) is 5.41 Å². The number of aromatic nitrogens is 2. The third-order valence-electron chi connectivity index (χ3n) is 5.16. The van der Waals surface area contributed by atoms with Crippen LogP contribution < -0.4 is 10.2 Å². The Morgan fingerprint density at radius 1 is 1.29 bits per heavy atom. The molecule has 6 heteroatoms. The monoisotopic (exact) mass is 335 g/mol. The van der Waals surface area contributed by atoms with Gasteiger partial charge >= 0.3 is 0 Å². The molecule has 2 N–H and O–H groups in total. The van der Waals surface area contributed by atoms with Crippen LogP contribution in [0.25, 0.3) is 0 Å². The largest absolute Gasteiger partial charge is 0.384 e. The summed E-state index contributed by atoms with van der Waals surface area (Å²) in [6.45, 7) is 13.0. The van der Waals surface area contributed by atoms with Gasteiger partial charge in [0, 0.05) is 69.5 Å². The van der Waals surface area contributed by atoms with Gasteiger partial charge < -0.3 is 19.9 Å². The smallest absolute Gasteiger partial charge is 0.150 e. The van der Waals surface area contributed by atoms with Crippen LogP contribution in [0, 0.1) is 5.41 Å². The lowest BCUT2D eigenvalue weighted by Gasteiger charge is -2.37. The molecule has 3 rings (SSSR count). The molecular formula is C18H33N5O. The number of H-pyrrole nitrogens is 1. The fraction of sp³-hybridized carbons (Fsp3) is 0.833. The van der Waals surface area contributed by atoms with Crippen LogP contribution in [0.3, 0.4) is 0 Å². The first-order valence-electron chi connectivity index (χ1n) is 9.30. The summed E-state index contributed by atoms with van der Waals surface area (Å²) < 4.78 is 5.38. The lowest BCUT2D eigenvalue weighted by atomic mass is 9.90. The van der Waals surface area contributed by atoms with Gasteiger partial charge in [0.2, 0.25) is 0 Å². The Kier molecular flexibility index (Phi) is 5.79. The van der Waals surface area contributed by atoms with Gasteiger partial charge in [-0.15, -0.1) is 0 Å². The highest BCUT2D eigenvalue weighted by molar-refractivity contribution is 5.40. The third kappa shape index (κ3) is 4.49. The Balaban J connectivity index is 1.59. The molecule has 6 nitrogen and oxygen atoms in total. The number of ether oxygens (including phenoxy) is 1. The topological polar surface area (TPSA) is 56.4 Å². The zero-order chi connectivity index (χ0) is 17.0. The molecule has 0 amide bonds. The highest BCUT2D eigenvalue weighted by Gasteiger charge is 2.28. The average Bonchev–Trinajstić information content (AvgIpc) is 3.05. The van der Waals surface area contributed by atoms with Gasteiger partial charge in [-0.1, -0.05) is 13.8 Å². The fourth-order valence-electron chi connectivity index (χ4n) is 4.09. The van der Waals surface area contributed by atoms with E-state index in [0.717, 1.165) is 51.7 Å². The lowest BCUT2D eigenvalue weighted by Crippen LogP contribution is -2.43. The Labute approximate surface area is 145 Å². The van der Waals surface area contributed by atoms with Crippen LogP contribution in [0.1, 0.15) is 38.3 Å². The van der Waals surface area contributed by atoms with E-state index < -0.39 is 0 Å². The first kappa shape index (κ1) is 17.7. The number of hydrogen-bond donors (Lipinski definition) is 2. The van der Waals surface area contributed by atoms with E-state index >= 15 is 0 Å². The van der Waals surface area contributed by atoms with Crippen molar-refractivity contribution in [2.75, 3.05) is 64.4 Å². The maximum Gasteiger partial charge on any atom is 0.150 e. The maximum atomic E-state index is 5.38. The third-order valence-corrected chi connectivity index (χ3v) is 5.16. The van der Waals surface area contributed by atoms with Crippen molar-refractivity contribution in [2.45, 2.75) is 32.6 Å². The molecule has 24 heavy (non-hydrogen) atoms. The van der Waals surface area contributed by atoms with Crippen LogP contribution in [-0.2, 0) is 4.74 Å². The second-order valence-electron chi connectivity index (χ2n) is 8.09. The predicted octanol–water partition coefficient (Wildman–Crippen LogP) is 1.67. The number of rotatable bonds is 6. The Morgan fingerprint density at radius 3 is 2.83 bits per heavy atom. The lowest BCUT2D eigenvalue weighted by molar-refractivity contribution is 0.0597. The van der Waals surface area contributed by atoms with Gasteiger partial charge in [-0.2, -0.15) is 5.10 Å². The van der Waals surface area contributed by atoms with E-state index in [1.165, 1.54) is 25.1 Å². The first-order valence-corrected chi connectivity index (χ1v) is 9.30. The van der Waals surface area contributed by atoms with Gasteiger partial charge in [-0.05, 0) is 19.4 Å². The number of aromatic amines is 1. The molecule has 1 atom stereocenters. The van der Waals surface area contributed by atoms with E-state index in [1.54, 1.807) is 7.11 Å². The Bertz CT molecular complexity index is 509. The first-order chi connectivity index (χ1) is 11.6. The molecule has 1 aromatic heterocycles. The molecule has 2 saturated heterocycles. The summed E-state index contributed by atoms with van der Waals surface area (Å²) in [5, 5.41) is 11.3. The molecule has 1 unspecified atom stereocenters. The van der Waals surface area contributed by atoms with Gasteiger partial charge in [0.15, 0.2) is 5.82 Å². The van der Waals surface area contributed by atoms with Crippen molar-refractivity contribution in [2.24, 2.45) is 5.41 Å². The molecular weight excluding hydrogens is 302 g/mol. The zero-order valence-corrected chi connectivity index (χ0v) is 15.5. The molecule has 2 fully saturated rings. The number of likely N-dealkylation sites (tertiary alicyclic amines) is 1. The molecule has 2 aliphatic heterocycles. The highest BCUT2D eigenvalue weighted by Crippen LogP contribution is 2.29. The minimum absolute atomic E-state index is 0.205. The number of nitrogens with zero attached hydrogens (tertiary/aromatic N) is 3. The number of anilines is 1. The van der Waals surface area contributed by atoms with E-state index in [2.05, 4.69) is 45.2 Å². The average molecular weight is 335 g/mol. The summed E-state index contributed by atoms with van der Waals surface area (Å²) in [5.41, 5.74) is 1.51. The van der Waals surface area contributed by atoms with Crippen molar-refractivity contribution in [1.82, 2.24) is 20.4 Å². The predicted molar refractivity (Wildman–Crippen MR) is 97.7 cm³/mol. The van der Waals surface area contributed by atoms with Gasteiger partial charge in [0.25, 0.3) is 0 Å². The van der Waals surface area contributed by atoms with Gasteiger partial charge in [0.1, 0.15) is 0 Å². The van der Waals surface area contributed by atoms with Crippen LogP contribution in [0.5, 0.6) is 0 Å². The molecule has 1 aromatic rings. The van der Waals surface area contributed by atoms with Gasteiger partial charge in [-0.3, -0.25) is 5.10 Å². The Hall–Kier alpha value is -1.11. The van der Waals surface area contributed by atoms with Crippen molar-refractivity contribution in [3.05, 3.63) is 11.8 Å². The highest BCUT2D eigenvalue weighted by atomic mass is 16.5. The number of methoxy groups -OCH3 is 1. The molecule has 0 aliphatic carbocycles. The van der Waals surface area contributed by atoms with Crippen molar-refractivity contribution in [3.63, 3.8) is 0 Å². The summed E-state index contributed by atoms with van der Waals surface area (Å²) in [5.74, 6) is 1.68. The van der Waals surface area contributed by atoms with Crippen LogP contribution in [-0.4, -0.2) is 74.6 Å².